The molecule has 5 rings (SSSR count). The smallest absolute Gasteiger partial charge is 0.255 e. The molecule has 1 unspecified atom stereocenters. The van der Waals surface area contributed by atoms with Gasteiger partial charge >= 0.3 is 0 Å². The number of fused-ring (bicyclic) bond motifs is 1. The molecule has 0 bridgehead atoms. The van der Waals surface area contributed by atoms with Crippen LogP contribution in [0.3, 0.4) is 0 Å². The number of nitrogens with one attached hydrogen (secondary N) is 1. The van der Waals surface area contributed by atoms with Crippen LogP contribution in [0.25, 0.3) is 0 Å². The van der Waals surface area contributed by atoms with Crippen LogP contribution in [-0.2, 0) is 11.3 Å². The van der Waals surface area contributed by atoms with Gasteiger partial charge in [0.2, 0.25) is 5.91 Å². The molecule has 0 aromatic heterocycles. The van der Waals surface area contributed by atoms with Gasteiger partial charge < -0.3 is 15.0 Å². The fraction of sp³-hybridized carbons (Fsp3) is 0.583. The first-order chi connectivity index (χ1) is 14.5. The third-order valence-corrected chi connectivity index (χ3v) is 7.12. The van der Waals surface area contributed by atoms with E-state index in [0.29, 0.717) is 31.0 Å². The van der Waals surface area contributed by atoms with Gasteiger partial charge in [-0.3, -0.25) is 14.5 Å². The molecule has 2 saturated heterocycles. The van der Waals surface area contributed by atoms with Crippen LogP contribution in [0.4, 0.5) is 0 Å². The van der Waals surface area contributed by atoms with E-state index in [1.807, 2.05) is 18.2 Å². The Bertz CT molecular complexity index is 876. The highest BCUT2D eigenvalue weighted by Gasteiger charge is 2.39. The maximum atomic E-state index is 12.9. The molecular weight excluding hydrogens is 378 g/mol. The van der Waals surface area contributed by atoms with Crippen LogP contribution in [-0.4, -0.2) is 52.9 Å². The molecule has 0 radical (unpaired) electrons. The van der Waals surface area contributed by atoms with Crippen molar-refractivity contribution in [3.8, 4) is 5.75 Å². The Morgan fingerprint density at radius 3 is 2.70 bits per heavy atom. The van der Waals surface area contributed by atoms with Gasteiger partial charge in [0, 0.05) is 36.9 Å². The van der Waals surface area contributed by atoms with Crippen molar-refractivity contribution < 1.29 is 14.3 Å². The van der Waals surface area contributed by atoms with Gasteiger partial charge in [0.1, 0.15) is 17.9 Å². The van der Waals surface area contributed by atoms with Crippen LogP contribution >= 0.6 is 0 Å². The number of piperidine rings is 1. The fourth-order valence-corrected chi connectivity index (χ4v) is 5.53. The van der Waals surface area contributed by atoms with Gasteiger partial charge in [-0.15, -0.1) is 0 Å². The molecule has 6 nitrogen and oxygen atoms in total. The average Bonchev–Trinajstić information content (AvgIpc) is 3.02. The first-order valence-corrected chi connectivity index (χ1v) is 11.3. The predicted molar refractivity (Wildman–Crippen MR) is 114 cm³/mol. The Kier molecular flexibility index (Phi) is 5.05. The minimum Gasteiger partial charge on any atom is -0.489 e. The van der Waals surface area contributed by atoms with Crippen molar-refractivity contribution in [1.82, 2.24) is 15.1 Å². The van der Waals surface area contributed by atoms with Crippen LogP contribution in [0.1, 0.15) is 61.4 Å². The van der Waals surface area contributed by atoms with Gasteiger partial charge in [0.25, 0.3) is 5.91 Å². The summed E-state index contributed by atoms with van der Waals surface area (Å²) in [4.78, 5) is 29.6. The van der Waals surface area contributed by atoms with E-state index >= 15 is 0 Å². The molecule has 3 heterocycles. The van der Waals surface area contributed by atoms with E-state index in [1.54, 1.807) is 4.90 Å². The largest absolute Gasteiger partial charge is 0.489 e. The lowest BCUT2D eigenvalue weighted by molar-refractivity contribution is -0.126. The van der Waals surface area contributed by atoms with E-state index in [1.165, 1.54) is 32.4 Å². The van der Waals surface area contributed by atoms with Crippen molar-refractivity contribution in [2.75, 3.05) is 13.1 Å². The van der Waals surface area contributed by atoms with E-state index in [-0.39, 0.29) is 17.9 Å². The van der Waals surface area contributed by atoms with E-state index in [9.17, 15) is 9.59 Å². The average molecular weight is 410 g/mol. The molecule has 3 fully saturated rings. The molecule has 1 aliphatic carbocycles. The Morgan fingerprint density at radius 1 is 1.13 bits per heavy atom. The topological polar surface area (TPSA) is 61.9 Å². The molecule has 3 aliphatic heterocycles. The summed E-state index contributed by atoms with van der Waals surface area (Å²) in [6.45, 7) is 8.95. The Labute approximate surface area is 178 Å². The standard InChI is InChI=1S/C24H31N3O3/c1-15-12-26(13-15)20-5-3-4-6-22(20)30-18-8-9-19-17(11-18)14-27(24(19)29)21-10-7-16(2)25-23(21)28/h8-9,11,15,20-22H,2-7,10,12-14H2,1H3,(H,25,28)/t20-,21?,22-/m1/s1. The Hall–Kier alpha value is -2.34. The number of carbonyl (C=O) groups excluding carboxylic acids is 2. The summed E-state index contributed by atoms with van der Waals surface area (Å²) >= 11 is 0. The number of nitrogens with zero attached hydrogens (tertiary/aromatic N) is 2. The number of allylic oxidation sites excluding steroid dienone is 1. The number of ether oxygens (including phenoxy) is 1. The van der Waals surface area contributed by atoms with Crippen LogP contribution < -0.4 is 10.1 Å². The van der Waals surface area contributed by atoms with Crippen LogP contribution in [0, 0.1) is 5.92 Å². The second kappa shape index (κ2) is 7.73. The number of hydrogen-bond donors (Lipinski definition) is 1. The van der Waals surface area contributed by atoms with E-state index in [2.05, 4.69) is 23.7 Å². The fourth-order valence-electron chi connectivity index (χ4n) is 5.53. The minimum atomic E-state index is -0.420. The van der Waals surface area contributed by atoms with Crippen molar-refractivity contribution in [3.63, 3.8) is 0 Å². The lowest BCUT2D eigenvalue weighted by Crippen LogP contribution is -2.57. The zero-order valence-electron chi connectivity index (χ0n) is 17.7. The number of carbonyl (C=O) groups is 2. The van der Waals surface area contributed by atoms with Crippen molar-refractivity contribution in [2.24, 2.45) is 5.92 Å². The van der Waals surface area contributed by atoms with Gasteiger partial charge in [-0.25, -0.2) is 0 Å². The highest BCUT2D eigenvalue weighted by Crippen LogP contribution is 2.34. The summed E-state index contributed by atoms with van der Waals surface area (Å²) in [5.41, 5.74) is 2.38. The first-order valence-electron chi connectivity index (χ1n) is 11.3. The molecule has 2 amide bonds. The van der Waals surface area contributed by atoms with Crippen molar-refractivity contribution >= 4 is 11.8 Å². The molecule has 0 spiro atoms. The highest BCUT2D eigenvalue weighted by molar-refractivity contribution is 6.01. The lowest BCUT2D eigenvalue weighted by atomic mass is 9.87. The summed E-state index contributed by atoms with van der Waals surface area (Å²) in [6.07, 6.45) is 6.34. The number of likely N-dealkylation sites (tertiary alicyclic amines) is 1. The van der Waals surface area contributed by atoms with Gasteiger partial charge in [-0.1, -0.05) is 19.9 Å². The molecule has 1 saturated carbocycles. The summed E-state index contributed by atoms with van der Waals surface area (Å²) < 4.78 is 6.47. The third kappa shape index (κ3) is 3.51. The van der Waals surface area contributed by atoms with Crippen LogP contribution in [0.5, 0.6) is 5.75 Å². The molecule has 1 N–H and O–H groups in total. The molecule has 160 valence electrons. The van der Waals surface area contributed by atoms with Crippen molar-refractivity contribution in [2.45, 2.75) is 70.2 Å². The predicted octanol–water partition coefficient (Wildman–Crippen LogP) is 3.08. The molecule has 6 heteroatoms. The zero-order chi connectivity index (χ0) is 20.8. The number of benzene rings is 1. The van der Waals surface area contributed by atoms with Gasteiger partial charge in [0.15, 0.2) is 0 Å². The zero-order valence-corrected chi connectivity index (χ0v) is 17.7. The molecule has 3 atom stereocenters. The normalized spacial score (nSPS) is 30.1. The van der Waals surface area contributed by atoms with Crippen LogP contribution in [0.2, 0.25) is 0 Å². The second-order valence-electron chi connectivity index (χ2n) is 9.47. The summed E-state index contributed by atoms with van der Waals surface area (Å²) in [7, 11) is 0. The van der Waals surface area contributed by atoms with Gasteiger partial charge in [-0.05, 0) is 61.8 Å². The lowest BCUT2D eigenvalue weighted by Gasteiger charge is -2.47. The maximum absolute atomic E-state index is 12.9. The van der Waals surface area contributed by atoms with E-state index in [4.69, 9.17) is 4.74 Å². The number of hydrogen-bond acceptors (Lipinski definition) is 4. The van der Waals surface area contributed by atoms with E-state index in [0.717, 1.165) is 29.3 Å². The SMILES string of the molecule is C=C1CCC(N2Cc3cc(O[C@@H]4CCCC[C@H]4N4CC(C)C4)ccc3C2=O)C(=O)N1. The molecule has 1 aromatic carbocycles. The molecule has 1 aromatic rings. The van der Waals surface area contributed by atoms with Crippen molar-refractivity contribution in [3.05, 3.63) is 41.6 Å². The summed E-state index contributed by atoms with van der Waals surface area (Å²) in [6, 6.07) is 5.89. The quantitative estimate of drug-likeness (QED) is 0.830. The minimum absolute atomic E-state index is 0.0608. The van der Waals surface area contributed by atoms with E-state index < -0.39 is 6.04 Å². The molecule has 4 aliphatic rings. The summed E-state index contributed by atoms with van der Waals surface area (Å²) in [5, 5.41) is 2.79. The highest BCUT2D eigenvalue weighted by atomic mass is 16.5. The third-order valence-electron chi connectivity index (χ3n) is 7.12. The van der Waals surface area contributed by atoms with Gasteiger partial charge in [0.05, 0.1) is 0 Å². The number of amides is 2. The second-order valence-corrected chi connectivity index (χ2v) is 9.47. The first kappa shape index (κ1) is 19.6. The van der Waals surface area contributed by atoms with Gasteiger partial charge in [-0.2, -0.15) is 0 Å². The maximum Gasteiger partial charge on any atom is 0.255 e. The summed E-state index contributed by atoms with van der Waals surface area (Å²) in [5.74, 6) is 1.45. The van der Waals surface area contributed by atoms with Crippen LogP contribution in [0.15, 0.2) is 30.5 Å². The Morgan fingerprint density at radius 2 is 1.93 bits per heavy atom. The molecule has 30 heavy (non-hydrogen) atoms. The number of rotatable bonds is 4. The van der Waals surface area contributed by atoms with Crippen molar-refractivity contribution in [1.29, 1.82) is 0 Å². The monoisotopic (exact) mass is 409 g/mol. The molecular formula is C24H31N3O3. The Balaban J connectivity index is 1.29.